The van der Waals surface area contributed by atoms with E-state index >= 15 is 0 Å². The van der Waals surface area contributed by atoms with Gasteiger partial charge in [0.2, 0.25) is 0 Å². The van der Waals surface area contributed by atoms with Gasteiger partial charge in [-0.05, 0) is 78.0 Å². The molecular formula is C28H43NO11. The molecule has 3 atom stereocenters. The second-order valence-corrected chi connectivity index (χ2v) is 10.6. The highest BCUT2D eigenvalue weighted by Gasteiger charge is 2.31. The molecule has 0 aliphatic carbocycles. The molecule has 0 saturated heterocycles. The van der Waals surface area contributed by atoms with Gasteiger partial charge in [0, 0.05) is 5.92 Å². The van der Waals surface area contributed by atoms with Crippen molar-refractivity contribution in [3.8, 4) is 11.5 Å². The van der Waals surface area contributed by atoms with Crippen molar-refractivity contribution in [1.29, 1.82) is 0 Å². The number of aliphatic carboxylic acids is 1. The van der Waals surface area contributed by atoms with E-state index in [0.29, 0.717) is 24.8 Å². The number of hydrogen-bond donors (Lipinski definition) is 2. The summed E-state index contributed by atoms with van der Waals surface area (Å²) in [5.41, 5.74) is 4.67. The molecule has 0 aromatic heterocycles. The first-order chi connectivity index (χ1) is 18.5. The first kappa shape index (κ1) is 34.5. The van der Waals surface area contributed by atoms with Crippen LogP contribution in [-0.4, -0.2) is 59.5 Å². The Hall–Kier alpha value is -3.54. The molecule has 0 amide bonds. The number of carbonyl (C=O) groups is 4. The van der Waals surface area contributed by atoms with Crippen LogP contribution in [0.3, 0.4) is 0 Å². The van der Waals surface area contributed by atoms with Crippen molar-refractivity contribution in [2.75, 3.05) is 6.61 Å². The molecule has 0 heterocycles. The van der Waals surface area contributed by atoms with Gasteiger partial charge in [0.05, 0.1) is 6.61 Å². The van der Waals surface area contributed by atoms with E-state index in [4.69, 9.17) is 34.2 Å². The minimum absolute atomic E-state index is 0.00558. The predicted molar refractivity (Wildman–Crippen MR) is 145 cm³/mol. The molecule has 0 radical (unpaired) electrons. The van der Waals surface area contributed by atoms with Gasteiger partial charge in [-0.2, -0.15) is 0 Å². The van der Waals surface area contributed by atoms with E-state index in [-0.39, 0.29) is 24.5 Å². The Bertz CT molecular complexity index is 1020. The molecule has 1 aromatic rings. The van der Waals surface area contributed by atoms with Gasteiger partial charge in [-0.25, -0.2) is 14.4 Å². The van der Waals surface area contributed by atoms with E-state index in [1.807, 2.05) is 20.8 Å². The van der Waals surface area contributed by atoms with E-state index in [9.17, 15) is 24.3 Å². The van der Waals surface area contributed by atoms with Crippen molar-refractivity contribution in [2.45, 2.75) is 110 Å². The summed E-state index contributed by atoms with van der Waals surface area (Å²) >= 11 is 0. The van der Waals surface area contributed by atoms with Gasteiger partial charge in [0.25, 0.3) is 0 Å². The van der Waals surface area contributed by atoms with Crippen molar-refractivity contribution in [3.63, 3.8) is 0 Å². The lowest BCUT2D eigenvalue weighted by molar-refractivity contribution is -0.139. The van der Waals surface area contributed by atoms with Crippen LogP contribution in [0.4, 0.5) is 14.4 Å². The molecule has 0 aliphatic rings. The summed E-state index contributed by atoms with van der Waals surface area (Å²) in [5, 5.41) is 9.65. The van der Waals surface area contributed by atoms with Crippen molar-refractivity contribution >= 4 is 24.4 Å². The number of carboxylic acid groups (broad SMARTS) is 1. The first-order valence-electron chi connectivity index (χ1n) is 13.3. The first-order valence-corrected chi connectivity index (χ1v) is 13.3. The third kappa shape index (κ3) is 11.7. The zero-order valence-corrected chi connectivity index (χ0v) is 24.6. The largest absolute Gasteiger partial charge is 0.514 e. The van der Waals surface area contributed by atoms with Crippen LogP contribution in [0.25, 0.3) is 0 Å². The van der Waals surface area contributed by atoms with Gasteiger partial charge in [-0.3, -0.25) is 4.79 Å². The Kier molecular flexibility index (Phi) is 13.2. The molecule has 0 fully saturated rings. The Morgan fingerprint density at radius 1 is 0.875 bits per heavy atom. The SMILES string of the molecule is CCCOC(=O)OC(C)CC(c1ccc(OC(=O)OC(C)(C)CC)c(OC(=O)OC(C)(C)CC)c1)[C@H](N)C(=O)O. The van der Waals surface area contributed by atoms with E-state index in [2.05, 4.69) is 0 Å². The number of carbonyl (C=O) groups excluding carboxylic acids is 3. The molecule has 1 aromatic carbocycles. The van der Waals surface area contributed by atoms with Crippen molar-refractivity contribution < 1.29 is 52.7 Å². The third-order valence-corrected chi connectivity index (χ3v) is 6.23. The summed E-state index contributed by atoms with van der Waals surface area (Å²) in [5.74, 6) is -2.60. The van der Waals surface area contributed by atoms with Crippen LogP contribution in [0.15, 0.2) is 18.2 Å². The quantitative estimate of drug-likeness (QED) is 0.154. The van der Waals surface area contributed by atoms with Gasteiger partial charge in [0.15, 0.2) is 11.5 Å². The lowest BCUT2D eigenvalue weighted by Crippen LogP contribution is -2.38. The lowest BCUT2D eigenvalue weighted by atomic mass is 9.87. The zero-order chi connectivity index (χ0) is 30.7. The molecular weight excluding hydrogens is 526 g/mol. The molecule has 40 heavy (non-hydrogen) atoms. The van der Waals surface area contributed by atoms with E-state index < -0.39 is 53.7 Å². The van der Waals surface area contributed by atoms with Gasteiger partial charge in [-0.1, -0.05) is 26.8 Å². The van der Waals surface area contributed by atoms with Gasteiger partial charge < -0.3 is 39.3 Å². The molecule has 0 spiro atoms. The Morgan fingerprint density at radius 3 is 1.88 bits per heavy atom. The lowest BCUT2D eigenvalue weighted by Gasteiger charge is -2.26. The molecule has 12 heteroatoms. The summed E-state index contributed by atoms with van der Waals surface area (Å²) in [6.45, 7) is 14.0. The standard InChI is InChI=1S/C28H43NO11/c1-9-14-35-24(32)36-17(4)15-19(22(29)23(30)31)18-12-13-20(37-25(33)39-27(5,6)10-2)21(16-18)38-26(34)40-28(7,8)11-3/h12-13,16-17,19,22H,9-11,14-15,29H2,1-8H3,(H,30,31)/t17?,19?,22-/m0/s1. The average Bonchev–Trinajstić information content (AvgIpc) is 2.85. The summed E-state index contributed by atoms with van der Waals surface area (Å²) < 4.78 is 31.6. The number of carboxylic acids is 1. The maximum Gasteiger partial charge on any atom is 0.514 e. The fraction of sp³-hybridized carbons (Fsp3) is 0.643. The van der Waals surface area contributed by atoms with Crippen LogP contribution in [0.5, 0.6) is 11.5 Å². The van der Waals surface area contributed by atoms with Gasteiger partial charge in [0.1, 0.15) is 23.3 Å². The molecule has 0 aliphatic heterocycles. The van der Waals surface area contributed by atoms with Crippen LogP contribution in [0.2, 0.25) is 0 Å². The summed E-state index contributed by atoms with van der Waals surface area (Å²) in [6, 6.07) is 2.70. The molecule has 0 bridgehead atoms. The van der Waals surface area contributed by atoms with Crippen LogP contribution in [0.1, 0.15) is 92.6 Å². The highest BCUT2D eigenvalue weighted by molar-refractivity contribution is 5.75. The summed E-state index contributed by atoms with van der Waals surface area (Å²) in [4.78, 5) is 48.8. The van der Waals surface area contributed by atoms with Crippen LogP contribution in [-0.2, 0) is 23.7 Å². The Balaban J connectivity index is 3.40. The number of ether oxygens (including phenoxy) is 6. The fourth-order valence-corrected chi connectivity index (χ4v) is 3.19. The Morgan fingerprint density at radius 2 is 1.40 bits per heavy atom. The number of rotatable bonds is 14. The van der Waals surface area contributed by atoms with Gasteiger partial charge >= 0.3 is 24.4 Å². The monoisotopic (exact) mass is 569 g/mol. The third-order valence-electron chi connectivity index (χ3n) is 6.23. The molecule has 1 rings (SSSR count). The highest BCUT2D eigenvalue weighted by Crippen LogP contribution is 2.35. The fourth-order valence-electron chi connectivity index (χ4n) is 3.19. The maximum atomic E-state index is 12.6. The molecule has 12 nitrogen and oxygen atoms in total. The number of nitrogens with two attached hydrogens (primary N) is 1. The van der Waals surface area contributed by atoms with Crippen LogP contribution >= 0.6 is 0 Å². The van der Waals surface area contributed by atoms with Crippen molar-refractivity contribution in [3.05, 3.63) is 23.8 Å². The summed E-state index contributed by atoms with van der Waals surface area (Å²) in [7, 11) is 0. The van der Waals surface area contributed by atoms with Crippen molar-refractivity contribution in [2.24, 2.45) is 5.73 Å². The number of hydrogen-bond acceptors (Lipinski definition) is 11. The molecule has 3 N–H and O–H groups in total. The predicted octanol–water partition coefficient (Wildman–Crippen LogP) is 5.93. The second kappa shape index (κ2) is 15.3. The zero-order valence-electron chi connectivity index (χ0n) is 24.6. The normalized spacial score (nSPS) is 13.8. The van der Waals surface area contributed by atoms with E-state index in [1.54, 1.807) is 34.6 Å². The van der Waals surface area contributed by atoms with Crippen LogP contribution in [0, 0.1) is 0 Å². The number of benzene rings is 1. The van der Waals surface area contributed by atoms with E-state index in [1.165, 1.54) is 18.2 Å². The minimum Gasteiger partial charge on any atom is -0.480 e. The van der Waals surface area contributed by atoms with E-state index in [0.717, 1.165) is 0 Å². The average molecular weight is 570 g/mol. The molecule has 0 saturated carbocycles. The van der Waals surface area contributed by atoms with Gasteiger partial charge in [-0.15, -0.1) is 0 Å². The Labute approximate surface area is 235 Å². The van der Waals surface area contributed by atoms with Crippen molar-refractivity contribution in [1.82, 2.24) is 0 Å². The maximum absolute atomic E-state index is 12.6. The minimum atomic E-state index is -1.42. The summed E-state index contributed by atoms with van der Waals surface area (Å²) in [6.07, 6.45) is -2.14. The molecule has 226 valence electrons. The highest BCUT2D eigenvalue weighted by atomic mass is 16.8. The second-order valence-electron chi connectivity index (χ2n) is 10.6. The smallest absolute Gasteiger partial charge is 0.480 e. The molecule has 2 unspecified atom stereocenters. The topological polar surface area (TPSA) is 170 Å². The van der Waals surface area contributed by atoms with Crippen LogP contribution < -0.4 is 15.2 Å².